The van der Waals surface area contributed by atoms with Crippen LogP contribution < -0.4 is 15.4 Å². The van der Waals surface area contributed by atoms with Crippen LogP contribution in [0.2, 0.25) is 0 Å². The topological polar surface area (TPSA) is 59.1 Å². The van der Waals surface area contributed by atoms with Gasteiger partial charge in [0.1, 0.15) is 11.6 Å². The lowest BCUT2D eigenvalue weighted by molar-refractivity contribution is 0.414. The van der Waals surface area contributed by atoms with Crippen molar-refractivity contribution in [2.45, 2.75) is 19.9 Å². The van der Waals surface area contributed by atoms with Gasteiger partial charge in [-0.1, -0.05) is 19.1 Å². The van der Waals surface area contributed by atoms with Gasteiger partial charge in [0, 0.05) is 19.3 Å². The van der Waals surface area contributed by atoms with Crippen molar-refractivity contribution in [3.63, 3.8) is 0 Å². The molecule has 0 saturated heterocycles. The monoisotopic (exact) mass is 272 g/mol. The van der Waals surface area contributed by atoms with E-state index in [-0.39, 0.29) is 0 Å². The van der Waals surface area contributed by atoms with Crippen molar-refractivity contribution in [1.29, 1.82) is 0 Å². The fraction of sp³-hybridized carbons (Fsp3) is 0.333. The molecule has 0 saturated carbocycles. The highest BCUT2D eigenvalue weighted by Gasteiger charge is 2.00. The van der Waals surface area contributed by atoms with Crippen LogP contribution in [0.4, 0.5) is 11.8 Å². The number of methoxy groups -OCH3 is 1. The number of anilines is 2. The molecule has 0 aliphatic heterocycles. The van der Waals surface area contributed by atoms with Crippen molar-refractivity contribution in [3.8, 4) is 5.75 Å². The van der Waals surface area contributed by atoms with Gasteiger partial charge in [0.05, 0.1) is 7.11 Å². The van der Waals surface area contributed by atoms with Gasteiger partial charge in [-0.3, -0.25) is 0 Å². The number of nitrogens with one attached hydrogen (secondary N) is 2. The Hall–Kier alpha value is -2.30. The van der Waals surface area contributed by atoms with E-state index in [1.165, 1.54) is 0 Å². The molecule has 1 aromatic carbocycles. The molecule has 0 unspecified atom stereocenters. The van der Waals surface area contributed by atoms with Crippen LogP contribution in [0, 0.1) is 0 Å². The van der Waals surface area contributed by atoms with Crippen molar-refractivity contribution < 1.29 is 4.74 Å². The summed E-state index contributed by atoms with van der Waals surface area (Å²) in [4.78, 5) is 8.58. The largest absolute Gasteiger partial charge is 0.497 e. The Labute approximate surface area is 119 Å². The summed E-state index contributed by atoms with van der Waals surface area (Å²) in [6.07, 6.45) is 2.80. The highest BCUT2D eigenvalue weighted by Crippen LogP contribution is 2.14. The normalized spacial score (nSPS) is 10.1. The maximum Gasteiger partial charge on any atom is 0.224 e. The molecule has 2 aromatic rings. The maximum absolute atomic E-state index is 5.21. The summed E-state index contributed by atoms with van der Waals surface area (Å²) in [5.41, 5.74) is 1.14. The first-order valence-corrected chi connectivity index (χ1v) is 6.75. The van der Waals surface area contributed by atoms with Crippen molar-refractivity contribution in [2.75, 3.05) is 24.3 Å². The molecular formula is C15H20N4O. The highest BCUT2D eigenvalue weighted by molar-refractivity contribution is 5.40. The molecule has 1 heterocycles. The van der Waals surface area contributed by atoms with Crippen molar-refractivity contribution in [3.05, 3.63) is 42.1 Å². The number of rotatable bonds is 7. The van der Waals surface area contributed by atoms with Crippen LogP contribution in [-0.2, 0) is 6.54 Å². The van der Waals surface area contributed by atoms with Gasteiger partial charge in [-0.15, -0.1) is 0 Å². The lowest BCUT2D eigenvalue weighted by Gasteiger charge is -2.08. The Morgan fingerprint density at radius 1 is 1.20 bits per heavy atom. The molecule has 20 heavy (non-hydrogen) atoms. The molecule has 2 N–H and O–H groups in total. The van der Waals surface area contributed by atoms with E-state index in [2.05, 4.69) is 27.5 Å². The van der Waals surface area contributed by atoms with Crippen molar-refractivity contribution >= 4 is 11.8 Å². The second-order valence-corrected chi connectivity index (χ2v) is 4.40. The van der Waals surface area contributed by atoms with Crippen LogP contribution in [0.1, 0.15) is 18.9 Å². The first-order valence-electron chi connectivity index (χ1n) is 6.75. The van der Waals surface area contributed by atoms with E-state index in [0.717, 1.165) is 30.1 Å². The summed E-state index contributed by atoms with van der Waals surface area (Å²) in [6.45, 7) is 3.68. The van der Waals surface area contributed by atoms with Crippen LogP contribution in [0.3, 0.4) is 0 Å². The summed E-state index contributed by atoms with van der Waals surface area (Å²) in [5.74, 6) is 2.32. The molecule has 0 aliphatic carbocycles. The standard InChI is InChI=1S/C15H20N4O/c1-3-8-16-15-17-9-7-14(19-15)18-11-12-5-4-6-13(10-12)20-2/h4-7,9-10H,3,8,11H2,1-2H3,(H2,16,17,18,19). The van der Waals surface area contributed by atoms with Crippen LogP contribution in [0.15, 0.2) is 36.5 Å². The zero-order valence-electron chi connectivity index (χ0n) is 11.9. The minimum Gasteiger partial charge on any atom is -0.497 e. The molecule has 5 heteroatoms. The minimum absolute atomic E-state index is 0.655. The number of aromatic nitrogens is 2. The molecular weight excluding hydrogens is 252 g/mol. The van der Waals surface area contributed by atoms with Crippen LogP contribution in [0.5, 0.6) is 5.75 Å². The van der Waals surface area contributed by atoms with Gasteiger partial charge in [-0.25, -0.2) is 4.98 Å². The third-order valence-corrected chi connectivity index (χ3v) is 2.80. The number of ether oxygens (including phenoxy) is 1. The molecule has 0 radical (unpaired) electrons. The smallest absolute Gasteiger partial charge is 0.224 e. The molecule has 5 nitrogen and oxygen atoms in total. The molecule has 0 atom stereocenters. The molecule has 0 fully saturated rings. The van der Waals surface area contributed by atoms with E-state index in [9.17, 15) is 0 Å². The molecule has 2 rings (SSSR count). The summed E-state index contributed by atoms with van der Waals surface area (Å²) in [5, 5.41) is 6.45. The first-order chi connectivity index (χ1) is 9.81. The third kappa shape index (κ3) is 4.12. The fourth-order valence-corrected chi connectivity index (χ4v) is 1.75. The summed E-state index contributed by atoms with van der Waals surface area (Å²) in [6, 6.07) is 9.82. The van der Waals surface area contributed by atoms with E-state index in [4.69, 9.17) is 4.74 Å². The van der Waals surface area contributed by atoms with Crippen molar-refractivity contribution in [1.82, 2.24) is 9.97 Å². The fourth-order valence-electron chi connectivity index (χ4n) is 1.75. The summed E-state index contributed by atoms with van der Waals surface area (Å²) in [7, 11) is 1.67. The quantitative estimate of drug-likeness (QED) is 0.811. The Morgan fingerprint density at radius 3 is 2.90 bits per heavy atom. The Morgan fingerprint density at radius 2 is 2.10 bits per heavy atom. The first kappa shape index (κ1) is 14.1. The predicted octanol–water partition coefficient (Wildman–Crippen LogP) is 2.92. The number of benzene rings is 1. The summed E-state index contributed by atoms with van der Waals surface area (Å²) >= 11 is 0. The molecule has 0 aliphatic rings. The van der Waals surface area contributed by atoms with E-state index in [1.54, 1.807) is 13.3 Å². The SMILES string of the molecule is CCCNc1nccc(NCc2cccc(OC)c2)n1. The molecule has 0 spiro atoms. The van der Waals surface area contributed by atoms with Crippen LogP contribution in [-0.4, -0.2) is 23.6 Å². The minimum atomic E-state index is 0.655. The molecule has 1 aromatic heterocycles. The lowest BCUT2D eigenvalue weighted by atomic mass is 10.2. The Kier molecular flexibility index (Phi) is 5.17. The highest BCUT2D eigenvalue weighted by atomic mass is 16.5. The molecule has 0 amide bonds. The number of nitrogens with zero attached hydrogens (tertiary/aromatic N) is 2. The Balaban J connectivity index is 1.95. The average Bonchev–Trinajstić information content (AvgIpc) is 2.51. The van der Waals surface area contributed by atoms with E-state index >= 15 is 0 Å². The predicted molar refractivity (Wildman–Crippen MR) is 81.1 cm³/mol. The lowest BCUT2D eigenvalue weighted by Crippen LogP contribution is -2.07. The van der Waals surface area contributed by atoms with Gasteiger partial charge in [0.25, 0.3) is 0 Å². The summed E-state index contributed by atoms with van der Waals surface area (Å²) < 4.78 is 5.21. The second kappa shape index (κ2) is 7.33. The zero-order chi connectivity index (χ0) is 14.2. The van der Waals surface area contributed by atoms with Gasteiger partial charge in [0.15, 0.2) is 0 Å². The number of hydrogen-bond acceptors (Lipinski definition) is 5. The number of hydrogen-bond donors (Lipinski definition) is 2. The van der Waals surface area contributed by atoms with E-state index in [0.29, 0.717) is 12.5 Å². The molecule has 0 bridgehead atoms. The second-order valence-electron chi connectivity index (χ2n) is 4.40. The average molecular weight is 272 g/mol. The Bertz CT molecular complexity index is 545. The third-order valence-electron chi connectivity index (χ3n) is 2.80. The van der Waals surface area contributed by atoms with E-state index < -0.39 is 0 Å². The molecule has 106 valence electrons. The van der Waals surface area contributed by atoms with Crippen LogP contribution in [0.25, 0.3) is 0 Å². The van der Waals surface area contributed by atoms with E-state index in [1.807, 2.05) is 30.3 Å². The van der Waals surface area contributed by atoms with Crippen LogP contribution >= 0.6 is 0 Å². The maximum atomic E-state index is 5.21. The van der Waals surface area contributed by atoms with Gasteiger partial charge in [0.2, 0.25) is 5.95 Å². The van der Waals surface area contributed by atoms with Gasteiger partial charge >= 0.3 is 0 Å². The van der Waals surface area contributed by atoms with Gasteiger partial charge in [-0.05, 0) is 30.2 Å². The zero-order valence-corrected chi connectivity index (χ0v) is 11.9. The van der Waals surface area contributed by atoms with Gasteiger partial charge < -0.3 is 15.4 Å². The van der Waals surface area contributed by atoms with Crippen molar-refractivity contribution in [2.24, 2.45) is 0 Å². The van der Waals surface area contributed by atoms with Gasteiger partial charge in [-0.2, -0.15) is 4.98 Å².